The van der Waals surface area contributed by atoms with E-state index in [0.29, 0.717) is 22.4 Å². The maximum atomic E-state index is 13.0. The van der Waals surface area contributed by atoms with Gasteiger partial charge in [-0.3, -0.25) is 4.40 Å². The highest BCUT2D eigenvalue weighted by Gasteiger charge is 2.26. The van der Waals surface area contributed by atoms with Gasteiger partial charge in [0.15, 0.2) is 4.96 Å². The van der Waals surface area contributed by atoms with Gasteiger partial charge in [-0.1, -0.05) is 24.3 Å². The van der Waals surface area contributed by atoms with Crippen LogP contribution in [0.4, 0.5) is 5.13 Å². The molecule has 146 valence electrons. The average Bonchev–Trinajstić information content (AvgIpc) is 3.11. The van der Waals surface area contributed by atoms with Crippen LogP contribution in [-0.4, -0.2) is 20.3 Å². The number of aryl methyl sites for hydroxylation is 1. The van der Waals surface area contributed by atoms with Crippen LogP contribution in [0.2, 0.25) is 0 Å². The number of imidazole rings is 1. The first-order chi connectivity index (χ1) is 14.1. The Morgan fingerprint density at radius 3 is 2.90 bits per heavy atom. The molecule has 29 heavy (non-hydrogen) atoms. The molecule has 1 saturated carbocycles. The number of hydrogen-bond donors (Lipinski definition) is 0. The number of fused-ring (bicyclic) bond motifs is 1. The van der Waals surface area contributed by atoms with Crippen LogP contribution in [0.15, 0.2) is 40.1 Å². The predicted molar refractivity (Wildman–Crippen MR) is 118 cm³/mol. The molecule has 1 aliphatic carbocycles. The van der Waals surface area contributed by atoms with Crippen molar-refractivity contribution in [3.8, 4) is 0 Å². The van der Waals surface area contributed by atoms with E-state index in [1.807, 2.05) is 39.6 Å². The fraction of sp³-hybridized carbons (Fsp3) is 0.227. The molecule has 1 aromatic carbocycles. The highest BCUT2D eigenvalue weighted by molar-refractivity contribution is 7.15. The van der Waals surface area contributed by atoms with Crippen molar-refractivity contribution in [2.24, 2.45) is 4.99 Å². The first-order valence-electron chi connectivity index (χ1n) is 9.51. The lowest BCUT2D eigenvalue weighted by Gasteiger charge is -2.10. The first-order valence-corrected chi connectivity index (χ1v) is 11.3. The van der Waals surface area contributed by atoms with Crippen LogP contribution in [0, 0.1) is 13.8 Å². The minimum atomic E-state index is -0.312. The van der Waals surface area contributed by atoms with Crippen molar-refractivity contribution < 1.29 is 5.11 Å². The summed E-state index contributed by atoms with van der Waals surface area (Å²) in [5.74, 6) is 0.244. The Labute approximate surface area is 176 Å². The second-order valence-corrected chi connectivity index (χ2v) is 8.98. The Kier molecular flexibility index (Phi) is 4.56. The summed E-state index contributed by atoms with van der Waals surface area (Å²) < 4.78 is 1.81. The molecular weight excluding hydrogens is 400 g/mol. The Morgan fingerprint density at radius 1 is 1.21 bits per heavy atom. The second kappa shape index (κ2) is 7.24. The van der Waals surface area contributed by atoms with Gasteiger partial charge in [-0.2, -0.15) is 0 Å². The quantitative estimate of drug-likeness (QED) is 0.339. The molecule has 0 saturated heterocycles. The summed E-state index contributed by atoms with van der Waals surface area (Å²) in [7, 11) is 0. The van der Waals surface area contributed by atoms with Gasteiger partial charge in [0.1, 0.15) is 0 Å². The minimum Gasteiger partial charge on any atom is -0.857 e. The van der Waals surface area contributed by atoms with E-state index >= 15 is 0 Å². The van der Waals surface area contributed by atoms with E-state index in [-0.39, 0.29) is 5.90 Å². The van der Waals surface area contributed by atoms with E-state index in [1.165, 1.54) is 46.6 Å². The largest absolute Gasteiger partial charge is 0.857 e. The van der Waals surface area contributed by atoms with Crippen molar-refractivity contribution in [3.63, 3.8) is 0 Å². The van der Waals surface area contributed by atoms with Gasteiger partial charge in [0.2, 0.25) is 5.13 Å². The molecule has 0 N–H and O–H groups in total. The molecule has 0 atom stereocenters. The molecule has 0 amide bonds. The Hall–Kier alpha value is -2.77. The van der Waals surface area contributed by atoms with Crippen LogP contribution in [0.5, 0.6) is 0 Å². The van der Waals surface area contributed by atoms with Gasteiger partial charge < -0.3 is 5.11 Å². The van der Waals surface area contributed by atoms with Crippen LogP contribution in [0.25, 0.3) is 17.1 Å². The predicted octanol–water partition coefficient (Wildman–Crippen LogP) is 4.96. The number of benzene rings is 1. The van der Waals surface area contributed by atoms with E-state index in [4.69, 9.17) is 0 Å². The second-order valence-electron chi connectivity index (χ2n) is 7.27. The summed E-state index contributed by atoms with van der Waals surface area (Å²) in [6, 6.07) is 6.20. The molecule has 0 radical (unpaired) electrons. The van der Waals surface area contributed by atoms with Crippen LogP contribution in [-0.2, 0) is 0 Å². The highest BCUT2D eigenvalue weighted by Crippen LogP contribution is 2.41. The Bertz CT molecular complexity index is 1260. The average molecular weight is 420 g/mol. The SMILES string of the molecule is Cc1cccc(/C=C/c2nc3sccn3c2C([O-])=Nc2nc(C3CC3)cs2)c1C. The zero-order chi connectivity index (χ0) is 20.0. The maximum absolute atomic E-state index is 13.0. The lowest BCUT2D eigenvalue weighted by Crippen LogP contribution is -2.21. The molecular formula is C22H19N4OS2-. The van der Waals surface area contributed by atoms with Crippen molar-refractivity contribution >= 4 is 50.8 Å². The van der Waals surface area contributed by atoms with Gasteiger partial charge in [-0.05, 0) is 49.5 Å². The lowest BCUT2D eigenvalue weighted by atomic mass is 10.0. The van der Waals surface area contributed by atoms with Crippen molar-refractivity contribution in [3.05, 3.63) is 68.9 Å². The van der Waals surface area contributed by atoms with Crippen LogP contribution in [0.1, 0.15) is 52.5 Å². The summed E-state index contributed by atoms with van der Waals surface area (Å²) in [6.45, 7) is 4.19. The van der Waals surface area contributed by atoms with Gasteiger partial charge in [-0.15, -0.1) is 22.7 Å². The van der Waals surface area contributed by atoms with Gasteiger partial charge in [0.25, 0.3) is 0 Å². The molecule has 3 heterocycles. The van der Waals surface area contributed by atoms with E-state index < -0.39 is 0 Å². The van der Waals surface area contributed by atoms with Crippen LogP contribution >= 0.6 is 22.7 Å². The smallest absolute Gasteiger partial charge is 0.208 e. The van der Waals surface area contributed by atoms with E-state index in [2.05, 4.69) is 40.9 Å². The molecule has 7 heteroatoms. The Balaban J connectivity index is 1.54. The number of rotatable bonds is 5. The van der Waals surface area contributed by atoms with Gasteiger partial charge >= 0.3 is 0 Å². The molecule has 5 nitrogen and oxygen atoms in total. The summed E-state index contributed by atoms with van der Waals surface area (Å²) in [5, 5.41) is 17.5. The van der Waals surface area contributed by atoms with Gasteiger partial charge in [0.05, 0.1) is 17.1 Å². The molecule has 0 bridgehead atoms. The molecule has 1 aliphatic rings. The van der Waals surface area contributed by atoms with Crippen LogP contribution in [0.3, 0.4) is 0 Å². The third-order valence-electron chi connectivity index (χ3n) is 5.26. The third-order valence-corrected chi connectivity index (χ3v) is 6.77. The van der Waals surface area contributed by atoms with Crippen LogP contribution < -0.4 is 5.11 Å². The Morgan fingerprint density at radius 2 is 2.07 bits per heavy atom. The topological polar surface area (TPSA) is 65.6 Å². The first kappa shape index (κ1) is 18.3. The zero-order valence-electron chi connectivity index (χ0n) is 16.1. The molecule has 3 aromatic heterocycles. The van der Waals surface area contributed by atoms with Crippen molar-refractivity contribution in [1.82, 2.24) is 14.4 Å². The van der Waals surface area contributed by atoms with E-state index in [9.17, 15) is 5.11 Å². The summed E-state index contributed by atoms with van der Waals surface area (Å²) >= 11 is 2.93. The van der Waals surface area contributed by atoms with E-state index in [0.717, 1.165) is 16.2 Å². The van der Waals surface area contributed by atoms with Crippen molar-refractivity contribution in [1.29, 1.82) is 0 Å². The molecule has 0 aliphatic heterocycles. The maximum Gasteiger partial charge on any atom is 0.208 e. The fourth-order valence-corrected chi connectivity index (χ4v) is 4.77. The summed E-state index contributed by atoms with van der Waals surface area (Å²) in [6.07, 6.45) is 8.15. The van der Waals surface area contributed by atoms with Gasteiger partial charge in [0, 0.05) is 28.8 Å². The molecule has 4 aromatic rings. The number of aliphatic imine (C=N–C) groups is 1. The van der Waals surface area contributed by atoms with Crippen molar-refractivity contribution in [2.75, 3.05) is 0 Å². The number of thiazole rings is 2. The lowest BCUT2D eigenvalue weighted by molar-refractivity contribution is -0.213. The number of nitrogens with zero attached hydrogens (tertiary/aromatic N) is 4. The minimum absolute atomic E-state index is 0.312. The molecule has 5 rings (SSSR count). The molecule has 0 unspecified atom stereocenters. The number of hydrogen-bond acceptors (Lipinski definition) is 6. The third kappa shape index (κ3) is 3.52. The number of aromatic nitrogens is 3. The molecule has 1 fully saturated rings. The highest BCUT2D eigenvalue weighted by atomic mass is 32.1. The normalized spacial score (nSPS) is 15.0. The fourth-order valence-electron chi connectivity index (χ4n) is 3.29. The van der Waals surface area contributed by atoms with E-state index in [1.54, 1.807) is 0 Å². The van der Waals surface area contributed by atoms with Crippen molar-refractivity contribution in [2.45, 2.75) is 32.6 Å². The summed E-state index contributed by atoms with van der Waals surface area (Å²) in [4.78, 5) is 14.2. The standard InChI is InChI=1S/C22H20N4OS2/c1-13-4-3-5-15(14(13)2)8-9-17-19(26-10-11-28-22(26)24-17)20(27)25-21-23-18(12-29-21)16-6-7-16/h3-5,8-12,16H,6-7H2,1-2H3,(H,23,25,27)/p-1/b9-8+. The monoisotopic (exact) mass is 419 g/mol. The molecule has 0 spiro atoms. The van der Waals surface area contributed by atoms with Gasteiger partial charge in [-0.25, -0.2) is 15.0 Å². The summed E-state index contributed by atoms with van der Waals surface area (Å²) in [5.41, 5.74) is 5.74. The zero-order valence-corrected chi connectivity index (χ0v) is 17.8.